The zero-order valence-corrected chi connectivity index (χ0v) is 11.5. The maximum Gasteiger partial charge on any atom is 0.229 e. The molecular formula is C17H18N2O. The van der Waals surface area contributed by atoms with Gasteiger partial charge in [-0.2, -0.15) is 0 Å². The monoisotopic (exact) mass is 266 g/mol. The molecule has 0 bridgehead atoms. The molecule has 2 aromatic carbocycles. The first-order valence-corrected chi connectivity index (χ1v) is 6.94. The van der Waals surface area contributed by atoms with Crippen molar-refractivity contribution in [2.24, 2.45) is 0 Å². The minimum absolute atomic E-state index is 0.157. The van der Waals surface area contributed by atoms with Crippen LogP contribution in [0.15, 0.2) is 54.6 Å². The Hall–Kier alpha value is -2.29. The molecule has 0 unspecified atom stereocenters. The lowest BCUT2D eigenvalue weighted by Crippen LogP contribution is -2.31. The maximum absolute atomic E-state index is 12.5. The molecule has 0 saturated heterocycles. The number of anilines is 2. The quantitative estimate of drug-likeness (QED) is 0.903. The molecule has 3 nitrogen and oxygen atoms in total. The fraction of sp³-hybridized carbons (Fsp3) is 0.235. The van der Waals surface area contributed by atoms with Crippen molar-refractivity contribution >= 4 is 17.3 Å². The first kappa shape index (κ1) is 12.7. The van der Waals surface area contributed by atoms with E-state index in [1.807, 2.05) is 54.3 Å². The highest BCUT2D eigenvalue weighted by Gasteiger charge is 2.24. The summed E-state index contributed by atoms with van der Waals surface area (Å²) in [6.45, 7) is 2.66. The van der Waals surface area contributed by atoms with Gasteiger partial charge < -0.3 is 10.2 Å². The highest BCUT2D eigenvalue weighted by Crippen LogP contribution is 2.31. The summed E-state index contributed by atoms with van der Waals surface area (Å²) in [5.41, 5.74) is 3.14. The Morgan fingerprint density at radius 1 is 1.10 bits per heavy atom. The Balaban J connectivity index is 1.97. The molecule has 1 amide bonds. The van der Waals surface area contributed by atoms with E-state index >= 15 is 0 Å². The summed E-state index contributed by atoms with van der Waals surface area (Å²) < 4.78 is 0. The molecule has 2 aromatic rings. The third-order valence-electron chi connectivity index (χ3n) is 3.56. The molecule has 0 fully saturated rings. The van der Waals surface area contributed by atoms with Crippen LogP contribution in [0.2, 0.25) is 0 Å². The van der Waals surface area contributed by atoms with Crippen molar-refractivity contribution in [2.75, 3.05) is 10.2 Å². The Kier molecular flexibility index (Phi) is 3.42. The summed E-state index contributed by atoms with van der Waals surface area (Å²) in [4.78, 5) is 14.4. The van der Waals surface area contributed by atoms with Crippen molar-refractivity contribution in [3.05, 3.63) is 60.2 Å². The van der Waals surface area contributed by atoms with Gasteiger partial charge in [-0.05, 0) is 24.6 Å². The van der Waals surface area contributed by atoms with Crippen LogP contribution in [0.1, 0.15) is 18.9 Å². The first-order valence-electron chi connectivity index (χ1n) is 6.94. The summed E-state index contributed by atoms with van der Waals surface area (Å²) in [6, 6.07) is 18.3. The van der Waals surface area contributed by atoms with E-state index in [4.69, 9.17) is 0 Å². The number of hydrogen-bond donors (Lipinski definition) is 1. The van der Waals surface area contributed by atoms with Crippen LogP contribution < -0.4 is 10.2 Å². The normalized spacial score (nSPS) is 18.1. The Bertz CT molecular complexity index is 609. The van der Waals surface area contributed by atoms with Crippen molar-refractivity contribution in [2.45, 2.75) is 25.9 Å². The number of carbonyl (C=O) groups excluding carboxylic acids is 1. The van der Waals surface area contributed by atoms with E-state index in [9.17, 15) is 4.79 Å². The van der Waals surface area contributed by atoms with Crippen molar-refractivity contribution in [3.63, 3.8) is 0 Å². The Labute approximate surface area is 119 Å². The third kappa shape index (κ3) is 2.52. The summed E-state index contributed by atoms with van der Waals surface area (Å²) in [7, 11) is 0. The van der Waals surface area contributed by atoms with Gasteiger partial charge in [0.2, 0.25) is 5.91 Å². The largest absolute Gasteiger partial charge is 0.380 e. The predicted octanol–water partition coefficient (Wildman–Crippen LogP) is 3.42. The molecule has 102 valence electrons. The van der Waals surface area contributed by atoms with Gasteiger partial charge in [-0.3, -0.25) is 4.79 Å². The molecule has 1 N–H and O–H groups in total. The minimum atomic E-state index is 0.157. The fourth-order valence-electron chi connectivity index (χ4n) is 2.59. The molecule has 0 aliphatic carbocycles. The topological polar surface area (TPSA) is 32.3 Å². The van der Waals surface area contributed by atoms with Crippen LogP contribution >= 0.6 is 0 Å². The van der Waals surface area contributed by atoms with E-state index in [2.05, 4.69) is 17.4 Å². The van der Waals surface area contributed by atoms with Gasteiger partial charge in [0.25, 0.3) is 0 Å². The molecule has 1 heterocycles. The van der Waals surface area contributed by atoms with Gasteiger partial charge in [0.05, 0.1) is 17.9 Å². The molecule has 3 rings (SSSR count). The van der Waals surface area contributed by atoms with Gasteiger partial charge in [-0.1, -0.05) is 42.5 Å². The number of hydrogen-bond acceptors (Lipinski definition) is 2. The molecule has 1 aliphatic rings. The maximum atomic E-state index is 12.5. The Morgan fingerprint density at radius 3 is 2.60 bits per heavy atom. The van der Waals surface area contributed by atoms with Crippen LogP contribution in [0.5, 0.6) is 0 Å². The van der Waals surface area contributed by atoms with E-state index in [-0.39, 0.29) is 11.9 Å². The number of rotatable bonds is 2. The number of amides is 1. The fourth-order valence-corrected chi connectivity index (χ4v) is 2.59. The SMILES string of the molecule is C[C@H]1CC(=O)N(Cc2ccccc2)c2ccccc2N1. The molecule has 0 saturated carbocycles. The van der Waals surface area contributed by atoms with Crippen LogP contribution in [0.25, 0.3) is 0 Å². The highest BCUT2D eigenvalue weighted by atomic mass is 16.2. The van der Waals surface area contributed by atoms with Crippen molar-refractivity contribution in [1.82, 2.24) is 0 Å². The number of benzene rings is 2. The van der Waals surface area contributed by atoms with E-state index in [0.29, 0.717) is 13.0 Å². The van der Waals surface area contributed by atoms with E-state index in [0.717, 1.165) is 16.9 Å². The van der Waals surface area contributed by atoms with Crippen LogP contribution in [0.4, 0.5) is 11.4 Å². The molecule has 0 aromatic heterocycles. The number of para-hydroxylation sites is 2. The second-order valence-corrected chi connectivity index (χ2v) is 5.23. The number of nitrogens with zero attached hydrogens (tertiary/aromatic N) is 1. The van der Waals surface area contributed by atoms with Gasteiger partial charge in [-0.15, -0.1) is 0 Å². The Morgan fingerprint density at radius 2 is 1.80 bits per heavy atom. The zero-order valence-electron chi connectivity index (χ0n) is 11.5. The highest BCUT2D eigenvalue weighted by molar-refractivity contribution is 5.98. The van der Waals surface area contributed by atoms with Gasteiger partial charge in [-0.25, -0.2) is 0 Å². The van der Waals surface area contributed by atoms with Gasteiger partial charge >= 0.3 is 0 Å². The average Bonchev–Trinajstić information content (AvgIpc) is 2.57. The summed E-state index contributed by atoms with van der Waals surface area (Å²) in [5, 5.41) is 3.41. The lowest BCUT2D eigenvalue weighted by molar-refractivity contribution is -0.118. The van der Waals surface area contributed by atoms with Crippen LogP contribution in [0.3, 0.4) is 0 Å². The molecule has 3 heteroatoms. The number of nitrogens with one attached hydrogen (secondary N) is 1. The lowest BCUT2D eigenvalue weighted by atomic mass is 10.1. The lowest BCUT2D eigenvalue weighted by Gasteiger charge is -2.22. The average molecular weight is 266 g/mol. The van der Waals surface area contributed by atoms with E-state index in [1.54, 1.807) is 0 Å². The summed E-state index contributed by atoms with van der Waals surface area (Å²) in [5.74, 6) is 0.166. The van der Waals surface area contributed by atoms with Crippen molar-refractivity contribution < 1.29 is 4.79 Å². The van der Waals surface area contributed by atoms with Crippen molar-refractivity contribution in [3.8, 4) is 0 Å². The molecule has 1 atom stereocenters. The molecular weight excluding hydrogens is 248 g/mol. The summed E-state index contributed by atoms with van der Waals surface area (Å²) >= 11 is 0. The van der Waals surface area contributed by atoms with Crippen molar-refractivity contribution in [1.29, 1.82) is 0 Å². The van der Waals surface area contributed by atoms with E-state index < -0.39 is 0 Å². The third-order valence-corrected chi connectivity index (χ3v) is 3.56. The molecule has 0 spiro atoms. The number of carbonyl (C=O) groups is 1. The molecule has 0 radical (unpaired) electrons. The smallest absolute Gasteiger partial charge is 0.229 e. The van der Waals surface area contributed by atoms with Gasteiger partial charge in [0, 0.05) is 12.5 Å². The van der Waals surface area contributed by atoms with E-state index in [1.165, 1.54) is 0 Å². The van der Waals surface area contributed by atoms with Gasteiger partial charge in [0.15, 0.2) is 0 Å². The van der Waals surface area contributed by atoms with Crippen LogP contribution in [0, 0.1) is 0 Å². The predicted molar refractivity (Wildman–Crippen MR) is 81.8 cm³/mol. The minimum Gasteiger partial charge on any atom is -0.380 e. The van der Waals surface area contributed by atoms with Crippen LogP contribution in [-0.4, -0.2) is 11.9 Å². The zero-order chi connectivity index (χ0) is 13.9. The first-order chi connectivity index (χ1) is 9.74. The van der Waals surface area contributed by atoms with Crippen LogP contribution in [-0.2, 0) is 11.3 Å². The summed E-state index contributed by atoms with van der Waals surface area (Å²) in [6.07, 6.45) is 0.515. The molecule has 1 aliphatic heterocycles. The van der Waals surface area contributed by atoms with Gasteiger partial charge in [0.1, 0.15) is 0 Å². The molecule has 20 heavy (non-hydrogen) atoms. The number of fused-ring (bicyclic) bond motifs is 1. The standard InChI is InChI=1S/C17H18N2O/c1-13-11-17(20)19(12-14-7-3-2-4-8-14)16-10-6-5-9-15(16)18-13/h2-10,13,18H,11-12H2,1H3/t13-/m0/s1. The second kappa shape index (κ2) is 5.37. The second-order valence-electron chi connectivity index (χ2n) is 5.23.